The predicted octanol–water partition coefficient (Wildman–Crippen LogP) is 3.79. The zero-order chi connectivity index (χ0) is 25.7. The van der Waals surface area contributed by atoms with Crippen LogP contribution in [-0.2, 0) is 11.0 Å². The Morgan fingerprint density at radius 3 is 2.56 bits per heavy atom. The molecular formula is C26H31F3N4O3. The number of methoxy groups -OCH3 is 1. The van der Waals surface area contributed by atoms with Crippen LogP contribution in [0, 0.1) is 5.92 Å². The Balaban J connectivity index is 1.19. The Morgan fingerprint density at radius 1 is 1.11 bits per heavy atom. The number of likely N-dealkylation sites (tertiary alicyclic amines) is 1. The van der Waals surface area contributed by atoms with E-state index in [9.17, 15) is 22.8 Å². The van der Waals surface area contributed by atoms with Gasteiger partial charge in [0.15, 0.2) is 5.78 Å². The Hall–Kier alpha value is -3.14. The van der Waals surface area contributed by atoms with Gasteiger partial charge < -0.3 is 15.0 Å². The topological polar surface area (TPSA) is 74.8 Å². The van der Waals surface area contributed by atoms with Crippen LogP contribution in [0.15, 0.2) is 42.6 Å². The lowest BCUT2D eigenvalue weighted by Crippen LogP contribution is -2.44. The number of nitrogens with zero attached hydrogens (tertiary/aromatic N) is 3. The van der Waals surface area contributed by atoms with Gasteiger partial charge in [-0.05, 0) is 56.0 Å². The first-order valence-corrected chi connectivity index (χ1v) is 12.2. The zero-order valence-corrected chi connectivity index (χ0v) is 20.3. The third-order valence-electron chi connectivity index (χ3n) is 7.01. The van der Waals surface area contributed by atoms with E-state index in [1.165, 1.54) is 12.1 Å². The van der Waals surface area contributed by atoms with Crippen molar-refractivity contribution in [2.24, 2.45) is 5.92 Å². The summed E-state index contributed by atoms with van der Waals surface area (Å²) in [7, 11) is 1.60. The van der Waals surface area contributed by atoms with Crippen LogP contribution in [0.25, 0.3) is 0 Å². The summed E-state index contributed by atoms with van der Waals surface area (Å²) < 4.78 is 43.7. The number of hydrogen-bond acceptors (Lipinski definition) is 6. The van der Waals surface area contributed by atoms with Gasteiger partial charge in [-0.1, -0.05) is 6.07 Å². The molecule has 7 nitrogen and oxygen atoms in total. The Labute approximate surface area is 208 Å². The van der Waals surface area contributed by atoms with Crippen LogP contribution >= 0.6 is 0 Å². The van der Waals surface area contributed by atoms with Crippen LogP contribution in [0.5, 0.6) is 5.88 Å². The standard InChI is InChI=1S/C26H31F3N4O3/c1-36-24-6-5-22(15-30-24)32-11-8-21(9-12-32)33-10-7-18(17-33)13-23(34)16-31-25(35)19-3-2-4-20(14-19)26(27,28)29/h2-6,14-15,18,21H,7-13,16-17H2,1H3,(H,31,35)/t18-/m0/s1. The third-order valence-corrected chi connectivity index (χ3v) is 7.01. The average Bonchev–Trinajstić information content (AvgIpc) is 3.35. The van der Waals surface area contributed by atoms with E-state index in [2.05, 4.69) is 20.1 Å². The van der Waals surface area contributed by atoms with Gasteiger partial charge in [-0.15, -0.1) is 0 Å². The second-order valence-electron chi connectivity index (χ2n) is 9.43. The number of hydrogen-bond donors (Lipinski definition) is 1. The minimum absolute atomic E-state index is 0.107. The molecule has 1 N–H and O–H groups in total. The molecule has 194 valence electrons. The molecule has 0 aliphatic carbocycles. The number of ketones is 1. The monoisotopic (exact) mass is 504 g/mol. The summed E-state index contributed by atoms with van der Waals surface area (Å²) in [5, 5.41) is 2.47. The number of amides is 1. The molecule has 2 fully saturated rings. The van der Waals surface area contributed by atoms with Gasteiger partial charge in [0.25, 0.3) is 5.91 Å². The number of alkyl halides is 3. The molecular weight excluding hydrogens is 473 g/mol. The lowest BCUT2D eigenvalue weighted by molar-refractivity contribution is -0.137. The van der Waals surface area contributed by atoms with Gasteiger partial charge in [0.1, 0.15) is 0 Å². The molecule has 0 saturated carbocycles. The third kappa shape index (κ3) is 6.54. The predicted molar refractivity (Wildman–Crippen MR) is 129 cm³/mol. The van der Waals surface area contributed by atoms with Crippen LogP contribution in [-0.4, -0.2) is 67.4 Å². The van der Waals surface area contributed by atoms with Gasteiger partial charge in [0.05, 0.1) is 31.1 Å². The summed E-state index contributed by atoms with van der Waals surface area (Å²) in [6.45, 7) is 3.51. The molecule has 2 aliphatic rings. The summed E-state index contributed by atoms with van der Waals surface area (Å²) in [5.74, 6) is 0.0404. The fourth-order valence-electron chi connectivity index (χ4n) is 5.04. The summed E-state index contributed by atoms with van der Waals surface area (Å²) in [6.07, 6.45) is 0.678. The smallest absolute Gasteiger partial charge is 0.416 e. The number of nitrogens with one attached hydrogen (secondary N) is 1. The minimum atomic E-state index is -4.52. The van der Waals surface area contributed by atoms with Gasteiger partial charge in [-0.3, -0.25) is 14.5 Å². The molecule has 0 spiro atoms. The van der Waals surface area contributed by atoms with Crippen molar-refractivity contribution in [1.29, 1.82) is 0 Å². The normalized spacial score (nSPS) is 19.3. The number of benzene rings is 1. The first-order valence-electron chi connectivity index (χ1n) is 12.2. The van der Waals surface area contributed by atoms with Gasteiger partial charge >= 0.3 is 6.18 Å². The Kier molecular flexibility index (Phi) is 8.13. The highest BCUT2D eigenvalue weighted by molar-refractivity contribution is 5.96. The van der Waals surface area contributed by atoms with Crippen molar-refractivity contribution in [2.45, 2.75) is 37.9 Å². The first-order chi connectivity index (χ1) is 17.2. The van der Waals surface area contributed by atoms with E-state index in [0.29, 0.717) is 18.3 Å². The molecule has 0 bridgehead atoms. The molecule has 2 saturated heterocycles. The van der Waals surface area contributed by atoms with Crippen LogP contribution in [0.3, 0.4) is 0 Å². The quantitative estimate of drug-likeness (QED) is 0.590. The van der Waals surface area contributed by atoms with Crippen LogP contribution in [0.4, 0.5) is 18.9 Å². The molecule has 1 aromatic heterocycles. The fourth-order valence-corrected chi connectivity index (χ4v) is 5.04. The maximum absolute atomic E-state index is 12.9. The number of aromatic nitrogens is 1. The number of anilines is 1. The molecule has 2 aromatic rings. The number of halogens is 3. The maximum atomic E-state index is 12.9. The number of ether oxygens (including phenoxy) is 1. The highest BCUT2D eigenvalue weighted by Crippen LogP contribution is 2.30. The summed E-state index contributed by atoms with van der Waals surface area (Å²) in [6, 6.07) is 8.57. The lowest BCUT2D eigenvalue weighted by atomic mass is 10.0. The van der Waals surface area contributed by atoms with Crippen LogP contribution < -0.4 is 15.0 Å². The number of piperidine rings is 1. The molecule has 2 aliphatic heterocycles. The number of carbonyl (C=O) groups excluding carboxylic acids is 2. The summed E-state index contributed by atoms with van der Waals surface area (Å²) >= 11 is 0. The van der Waals surface area contributed by atoms with E-state index in [-0.39, 0.29) is 23.8 Å². The number of carbonyl (C=O) groups is 2. The van der Waals surface area contributed by atoms with Crippen molar-refractivity contribution in [3.8, 4) is 5.88 Å². The van der Waals surface area contributed by atoms with E-state index in [1.54, 1.807) is 7.11 Å². The molecule has 10 heteroatoms. The molecule has 1 amide bonds. The molecule has 3 heterocycles. The number of rotatable bonds is 8. The highest BCUT2D eigenvalue weighted by Gasteiger charge is 2.32. The summed E-state index contributed by atoms with van der Waals surface area (Å²) in [4.78, 5) is 33.8. The zero-order valence-electron chi connectivity index (χ0n) is 20.3. The second-order valence-corrected chi connectivity index (χ2v) is 9.43. The average molecular weight is 505 g/mol. The van der Waals surface area contributed by atoms with Gasteiger partial charge in [0.2, 0.25) is 5.88 Å². The molecule has 36 heavy (non-hydrogen) atoms. The molecule has 1 atom stereocenters. The van der Waals surface area contributed by atoms with Crippen molar-refractivity contribution in [1.82, 2.24) is 15.2 Å². The van der Waals surface area contributed by atoms with Crippen molar-refractivity contribution >= 4 is 17.4 Å². The second kappa shape index (κ2) is 11.3. The maximum Gasteiger partial charge on any atom is 0.416 e. The molecule has 1 aromatic carbocycles. The van der Waals surface area contributed by atoms with E-state index in [4.69, 9.17) is 4.74 Å². The van der Waals surface area contributed by atoms with Crippen molar-refractivity contribution in [3.63, 3.8) is 0 Å². The summed E-state index contributed by atoms with van der Waals surface area (Å²) in [5.41, 5.74) is 0.0896. The Morgan fingerprint density at radius 2 is 1.89 bits per heavy atom. The van der Waals surface area contributed by atoms with E-state index < -0.39 is 17.6 Å². The molecule has 0 unspecified atom stereocenters. The number of pyridine rings is 1. The van der Waals surface area contributed by atoms with Gasteiger partial charge in [0, 0.05) is 43.7 Å². The fraction of sp³-hybridized carbons (Fsp3) is 0.500. The van der Waals surface area contributed by atoms with Crippen molar-refractivity contribution < 1.29 is 27.5 Å². The van der Waals surface area contributed by atoms with E-state index in [1.807, 2.05) is 18.3 Å². The van der Waals surface area contributed by atoms with E-state index in [0.717, 1.165) is 63.3 Å². The Bertz CT molecular complexity index is 1050. The van der Waals surface area contributed by atoms with Crippen molar-refractivity contribution in [3.05, 3.63) is 53.7 Å². The lowest BCUT2D eigenvalue weighted by Gasteiger charge is -2.37. The van der Waals surface area contributed by atoms with Crippen molar-refractivity contribution in [2.75, 3.05) is 44.7 Å². The molecule has 4 rings (SSSR count). The number of Topliss-reactive ketones (excluding diaryl/α,β-unsaturated/α-hetero) is 1. The van der Waals surface area contributed by atoms with E-state index >= 15 is 0 Å². The van der Waals surface area contributed by atoms with Gasteiger partial charge in [-0.25, -0.2) is 4.98 Å². The SMILES string of the molecule is COc1ccc(N2CCC(N3CC[C@@H](CC(=O)CNC(=O)c4cccc(C(F)(F)F)c4)C3)CC2)cn1. The molecule has 0 radical (unpaired) electrons. The van der Waals surface area contributed by atoms with Crippen LogP contribution in [0.1, 0.15) is 41.6 Å². The largest absolute Gasteiger partial charge is 0.481 e. The first kappa shape index (κ1) is 25.9. The van der Waals surface area contributed by atoms with Gasteiger partial charge in [-0.2, -0.15) is 13.2 Å². The highest BCUT2D eigenvalue weighted by atomic mass is 19.4. The van der Waals surface area contributed by atoms with Crippen LogP contribution in [0.2, 0.25) is 0 Å². The minimum Gasteiger partial charge on any atom is -0.481 e.